The molecule has 1 aliphatic carbocycles. The van der Waals surface area contributed by atoms with E-state index in [0.29, 0.717) is 11.6 Å². The van der Waals surface area contributed by atoms with Crippen molar-refractivity contribution in [2.45, 2.75) is 38.5 Å². The highest BCUT2D eigenvalue weighted by Crippen LogP contribution is 2.48. The van der Waals surface area contributed by atoms with Crippen molar-refractivity contribution < 1.29 is 40.6 Å². The van der Waals surface area contributed by atoms with Crippen LogP contribution in [0.3, 0.4) is 0 Å². The Morgan fingerprint density at radius 1 is 1.07 bits per heavy atom. The van der Waals surface area contributed by atoms with Crippen molar-refractivity contribution in [1.29, 1.82) is 0 Å². The molecule has 0 bridgehead atoms. The molecule has 2 nitrogen and oxygen atoms in total. The normalized spacial score (nSPS) is 17.8. The third kappa shape index (κ3) is 5.35. The summed E-state index contributed by atoms with van der Waals surface area (Å²) in [6, 6.07) is 5.57. The van der Waals surface area contributed by atoms with Crippen LogP contribution in [-0.4, -0.2) is 17.2 Å². The van der Waals surface area contributed by atoms with Gasteiger partial charge in [-0.3, -0.25) is 0 Å². The van der Waals surface area contributed by atoms with Crippen molar-refractivity contribution in [1.82, 2.24) is 0 Å². The minimum Gasteiger partial charge on any atom is -0.457 e. The molecule has 1 unspecified atom stereocenters. The van der Waals surface area contributed by atoms with Gasteiger partial charge in [-0.25, -0.2) is 17.6 Å². The second kappa shape index (κ2) is 7.38. The number of aliphatic hydroxyl groups excluding tert-OH is 1. The van der Waals surface area contributed by atoms with Crippen molar-refractivity contribution in [2.75, 3.05) is 0 Å². The van der Waals surface area contributed by atoms with Crippen LogP contribution in [0.4, 0.5) is 30.7 Å². The fourth-order valence-corrected chi connectivity index (χ4v) is 2.68. The predicted octanol–water partition coefficient (Wildman–Crippen LogP) is 5.86. The number of ether oxygens (including phenoxy) is 1. The first kappa shape index (κ1) is 21.0. The second-order valence-corrected chi connectivity index (χ2v) is 6.10. The van der Waals surface area contributed by atoms with Gasteiger partial charge >= 0.3 is 6.18 Å². The van der Waals surface area contributed by atoms with E-state index >= 15 is 0 Å². The number of hydrogen-bond acceptors (Lipinski definition) is 2. The van der Waals surface area contributed by atoms with Crippen LogP contribution >= 0.6 is 0 Å². The van der Waals surface area contributed by atoms with Crippen molar-refractivity contribution >= 4 is 0 Å². The Hall–Kier alpha value is -2.29. The molecular formula is C18H15F7O2. The van der Waals surface area contributed by atoms with E-state index in [2.05, 4.69) is 0 Å². The highest BCUT2D eigenvalue weighted by atomic mass is 19.4. The molecule has 0 saturated heterocycles. The van der Waals surface area contributed by atoms with E-state index in [1.165, 1.54) is 12.1 Å². The number of aryl methyl sites for hydroxylation is 1. The van der Waals surface area contributed by atoms with Gasteiger partial charge in [0, 0.05) is 37.1 Å². The second-order valence-electron chi connectivity index (χ2n) is 6.10. The van der Waals surface area contributed by atoms with E-state index in [0.717, 1.165) is 12.1 Å². The first-order valence-electron chi connectivity index (χ1n) is 7.67. The van der Waals surface area contributed by atoms with Gasteiger partial charge in [-0.15, -0.1) is 0 Å². The zero-order valence-electron chi connectivity index (χ0n) is 14.2. The summed E-state index contributed by atoms with van der Waals surface area (Å²) in [7, 11) is 0. The quantitative estimate of drug-likeness (QED) is 0.645. The van der Waals surface area contributed by atoms with E-state index in [1.807, 2.05) is 0 Å². The molecule has 3 rings (SSSR count). The topological polar surface area (TPSA) is 29.5 Å². The Bertz CT molecular complexity index is 805. The molecule has 0 spiro atoms. The summed E-state index contributed by atoms with van der Waals surface area (Å²) >= 11 is 0. The molecular weight excluding hydrogens is 381 g/mol. The molecule has 1 N–H and O–H groups in total. The fraction of sp³-hybridized carbons (Fsp3) is 0.333. The van der Waals surface area contributed by atoms with Crippen molar-refractivity contribution in [2.24, 2.45) is 0 Å². The van der Waals surface area contributed by atoms with Crippen LogP contribution in [0, 0.1) is 18.6 Å². The first-order valence-corrected chi connectivity index (χ1v) is 7.67. The number of alkyl halides is 5. The predicted molar refractivity (Wildman–Crippen MR) is 83.0 cm³/mol. The van der Waals surface area contributed by atoms with E-state index in [-0.39, 0.29) is 29.5 Å². The number of rotatable bonds is 2. The highest BCUT2D eigenvalue weighted by molar-refractivity contribution is 5.52. The maximum atomic E-state index is 13.7. The van der Waals surface area contributed by atoms with Gasteiger partial charge in [-0.05, 0) is 24.1 Å². The van der Waals surface area contributed by atoms with Crippen molar-refractivity contribution in [3.05, 3.63) is 58.7 Å². The van der Waals surface area contributed by atoms with Crippen LogP contribution in [0.5, 0.6) is 11.5 Å². The molecule has 0 heterocycles. The summed E-state index contributed by atoms with van der Waals surface area (Å²) in [4.78, 5) is 0. The number of hydrogen-bond donors (Lipinski definition) is 1. The molecule has 9 heteroatoms. The maximum Gasteiger partial charge on any atom is 0.386 e. The van der Waals surface area contributed by atoms with Crippen molar-refractivity contribution in [3.63, 3.8) is 0 Å². The summed E-state index contributed by atoms with van der Waals surface area (Å²) in [6.07, 6.45) is -6.59. The third-order valence-corrected chi connectivity index (χ3v) is 3.68. The van der Waals surface area contributed by atoms with E-state index in [1.54, 1.807) is 6.92 Å². The lowest BCUT2D eigenvalue weighted by molar-refractivity contribution is -0.110. The Kier molecular flexibility index (Phi) is 5.74. The number of halogens is 7. The Morgan fingerprint density at radius 3 is 2.11 bits per heavy atom. The summed E-state index contributed by atoms with van der Waals surface area (Å²) < 4.78 is 90.2. The van der Waals surface area contributed by atoms with E-state index in [9.17, 15) is 35.8 Å². The molecule has 0 amide bonds. The molecule has 0 saturated carbocycles. The molecule has 2 aromatic carbocycles. The average Bonchev–Trinajstić information content (AvgIpc) is 2.71. The standard InChI is InChI=1S/C16H12F4O2.C2H3F3/c1-8-2-3-13(12-7-16(19,20)15(21)14(8)12)22-11-5-9(17)4-10(18)6-11;1-2(3,4)5/h2-6,15,21H,7H2,1H3;1H3. The molecule has 0 radical (unpaired) electrons. The summed E-state index contributed by atoms with van der Waals surface area (Å²) in [6.45, 7) is 1.79. The summed E-state index contributed by atoms with van der Waals surface area (Å²) in [5, 5.41) is 9.74. The summed E-state index contributed by atoms with van der Waals surface area (Å²) in [5.74, 6) is -5.02. The van der Waals surface area contributed by atoms with Gasteiger partial charge < -0.3 is 9.84 Å². The minimum atomic E-state index is -4.00. The SMILES string of the molecule is CC(F)(F)F.Cc1ccc(Oc2cc(F)cc(F)c2)c2c1C(O)C(F)(F)C2. The van der Waals surface area contributed by atoms with Crippen LogP contribution < -0.4 is 4.74 Å². The van der Waals surface area contributed by atoms with Crippen LogP contribution in [0.25, 0.3) is 0 Å². The van der Waals surface area contributed by atoms with Crippen LogP contribution in [0.15, 0.2) is 30.3 Å². The fourth-order valence-electron chi connectivity index (χ4n) is 2.68. The lowest BCUT2D eigenvalue weighted by Gasteiger charge is -2.14. The monoisotopic (exact) mass is 396 g/mol. The number of aliphatic hydroxyl groups is 1. The smallest absolute Gasteiger partial charge is 0.386 e. The molecule has 2 aromatic rings. The molecule has 0 aromatic heterocycles. The van der Waals surface area contributed by atoms with Gasteiger partial charge in [0.2, 0.25) is 0 Å². The lowest BCUT2D eigenvalue weighted by Crippen LogP contribution is -2.21. The van der Waals surface area contributed by atoms with E-state index < -0.39 is 36.3 Å². The van der Waals surface area contributed by atoms with Gasteiger partial charge in [0.25, 0.3) is 5.92 Å². The van der Waals surface area contributed by atoms with Gasteiger partial charge in [0.15, 0.2) is 0 Å². The molecule has 0 fully saturated rings. The third-order valence-electron chi connectivity index (χ3n) is 3.68. The van der Waals surface area contributed by atoms with Crippen LogP contribution in [0.2, 0.25) is 0 Å². The maximum absolute atomic E-state index is 13.7. The lowest BCUT2D eigenvalue weighted by atomic mass is 10.0. The Labute approximate surface area is 150 Å². The van der Waals surface area contributed by atoms with Gasteiger partial charge in [0.1, 0.15) is 29.2 Å². The Morgan fingerprint density at radius 2 is 1.59 bits per heavy atom. The van der Waals surface area contributed by atoms with Gasteiger partial charge in [0.05, 0.1) is 0 Å². The van der Waals surface area contributed by atoms with Crippen molar-refractivity contribution in [3.8, 4) is 11.5 Å². The molecule has 27 heavy (non-hydrogen) atoms. The number of benzene rings is 2. The highest BCUT2D eigenvalue weighted by Gasteiger charge is 2.48. The first-order chi connectivity index (χ1) is 12.3. The van der Waals surface area contributed by atoms with Crippen LogP contribution in [-0.2, 0) is 6.42 Å². The zero-order chi connectivity index (χ0) is 20.6. The Balaban J connectivity index is 0.000000465. The minimum absolute atomic E-state index is 0.0572. The molecule has 1 aliphatic rings. The average molecular weight is 396 g/mol. The van der Waals surface area contributed by atoms with Gasteiger partial charge in [-0.2, -0.15) is 13.2 Å². The largest absolute Gasteiger partial charge is 0.457 e. The molecule has 0 aliphatic heterocycles. The molecule has 148 valence electrons. The number of fused-ring (bicyclic) bond motifs is 1. The van der Waals surface area contributed by atoms with Crippen LogP contribution in [0.1, 0.15) is 29.7 Å². The molecule has 1 atom stereocenters. The zero-order valence-corrected chi connectivity index (χ0v) is 14.2. The van der Waals surface area contributed by atoms with Gasteiger partial charge in [-0.1, -0.05) is 6.07 Å². The summed E-state index contributed by atoms with van der Waals surface area (Å²) in [5.41, 5.74) is 0.777. The van der Waals surface area contributed by atoms with E-state index in [4.69, 9.17) is 4.74 Å².